The maximum absolute atomic E-state index is 11.5. The smallest absolute Gasteiger partial charge is 0.407 e. The number of hydrogen-bond acceptors (Lipinski definition) is 4. The van der Waals surface area contributed by atoms with Crippen molar-refractivity contribution in [3.8, 4) is 0 Å². The van der Waals surface area contributed by atoms with Crippen LogP contribution in [0.3, 0.4) is 0 Å². The molecule has 0 bridgehead atoms. The Morgan fingerprint density at radius 3 is 2.40 bits per heavy atom. The minimum atomic E-state index is -0.504. The maximum Gasteiger partial charge on any atom is 0.407 e. The lowest BCUT2D eigenvalue weighted by atomic mass is 10.1. The van der Waals surface area contributed by atoms with Crippen molar-refractivity contribution in [1.29, 1.82) is 0 Å². The quantitative estimate of drug-likeness (QED) is 0.868. The summed E-state index contributed by atoms with van der Waals surface area (Å²) >= 11 is 0. The van der Waals surface area contributed by atoms with E-state index >= 15 is 0 Å². The molecule has 1 amide bonds. The van der Waals surface area contributed by atoms with E-state index < -0.39 is 11.7 Å². The number of carbonyl (C=O) groups is 1. The van der Waals surface area contributed by atoms with Gasteiger partial charge in [0.2, 0.25) is 0 Å². The molecule has 1 unspecified atom stereocenters. The summed E-state index contributed by atoms with van der Waals surface area (Å²) in [6.07, 6.45) is -0.455. The summed E-state index contributed by atoms with van der Waals surface area (Å²) in [5.74, 6) is 0. The standard InChI is InChI=1S/C15H24N2O3/c1-15(2,3)20-14(18)17-9-13(16)12-7-5-11(6-8-12)10-19-4/h5-8,13H,9-10,16H2,1-4H3,(H,17,18). The SMILES string of the molecule is COCc1ccc(C(N)CNC(=O)OC(C)(C)C)cc1. The van der Waals surface area contributed by atoms with Crippen LogP contribution in [0.4, 0.5) is 4.79 Å². The van der Waals surface area contributed by atoms with Gasteiger partial charge in [-0.15, -0.1) is 0 Å². The van der Waals surface area contributed by atoms with Crippen molar-refractivity contribution in [3.05, 3.63) is 35.4 Å². The third kappa shape index (κ3) is 6.04. The number of carbonyl (C=O) groups excluding carboxylic acids is 1. The van der Waals surface area contributed by atoms with Gasteiger partial charge in [0, 0.05) is 19.7 Å². The molecular formula is C15H24N2O3. The van der Waals surface area contributed by atoms with Gasteiger partial charge in [0.1, 0.15) is 5.60 Å². The molecule has 112 valence electrons. The number of alkyl carbamates (subject to hydrolysis) is 1. The Bertz CT molecular complexity index is 424. The number of ether oxygens (including phenoxy) is 2. The van der Waals surface area contributed by atoms with E-state index in [1.54, 1.807) is 7.11 Å². The van der Waals surface area contributed by atoms with Crippen molar-refractivity contribution < 1.29 is 14.3 Å². The fourth-order valence-corrected chi connectivity index (χ4v) is 1.65. The zero-order valence-electron chi connectivity index (χ0n) is 12.6. The Kier molecular flexibility index (Phi) is 5.98. The summed E-state index contributed by atoms with van der Waals surface area (Å²) in [6, 6.07) is 7.54. The molecule has 1 atom stereocenters. The van der Waals surface area contributed by atoms with E-state index in [1.807, 2.05) is 45.0 Å². The molecular weight excluding hydrogens is 256 g/mol. The lowest BCUT2D eigenvalue weighted by Crippen LogP contribution is -2.36. The average molecular weight is 280 g/mol. The number of nitrogens with one attached hydrogen (secondary N) is 1. The molecule has 20 heavy (non-hydrogen) atoms. The van der Waals surface area contributed by atoms with Gasteiger partial charge in [-0.2, -0.15) is 0 Å². The lowest BCUT2D eigenvalue weighted by Gasteiger charge is -2.21. The van der Waals surface area contributed by atoms with Gasteiger partial charge in [-0.1, -0.05) is 24.3 Å². The monoisotopic (exact) mass is 280 g/mol. The highest BCUT2D eigenvalue weighted by Gasteiger charge is 2.16. The molecule has 0 aliphatic carbocycles. The molecule has 0 saturated heterocycles. The van der Waals surface area contributed by atoms with Crippen LogP contribution in [0.15, 0.2) is 24.3 Å². The molecule has 0 radical (unpaired) electrons. The number of hydrogen-bond donors (Lipinski definition) is 2. The second-order valence-electron chi connectivity index (χ2n) is 5.66. The normalized spacial score (nSPS) is 12.8. The van der Waals surface area contributed by atoms with Gasteiger partial charge in [-0.3, -0.25) is 0 Å². The Morgan fingerprint density at radius 2 is 1.90 bits per heavy atom. The first-order valence-electron chi connectivity index (χ1n) is 6.62. The first-order chi connectivity index (χ1) is 9.31. The van der Waals surface area contributed by atoms with Crippen LogP contribution in [0.2, 0.25) is 0 Å². The van der Waals surface area contributed by atoms with Gasteiger partial charge in [0.25, 0.3) is 0 Å². The number of amides is 1. The van der Waals surface area contributed by atoms with E-state index in [0.29, 0.717) is 13.2 Å². The van der Waals surface area contributed by atoms with E-state index in [-0.39, 0.29) is 6.04 Å². The zero-order chi connectivity index (χ0) is 15.2. The van der Waals surface area contributed by atoms with Crippen molar-refractivity contribution in [2.75, 3.05) is 13.7 Å². The molecule has 5 heteroatoms. The molecule has 0 heterocycles. The summed E-state index contributed by atoms with van der Waals surface area (Å²) in [7, 11) is 1.66. The molecule has 1 aromatic rings. The van der Waals surface area contributed by atoms with Gasteiger partial charge >= 0.3 is 6.09 Å². The molecule has 0 aliphatic heterocycles. The number of nitrogens with two attached hydrogens (primary N) is 1. The third-order valence-corrected chi connectivity index (χ3v) is 2.58. The predicted molar refractivity (Wildman–Crippen MR) is 78.3 cm³/mol. The van der Waals surface area contributed by atoms with Crippen LogP contribution in [0.25, 0.3) is 0 Å². The molecule has 1 rings (SSSR count). The van der Waals surface area contributed by atoms with Crippen LogP contribution < -0.4 is 11.1 Å². The zero-order valence-corrected chi connectivity index (χ0v) is 12.6. The molecule has 5 nitrogen and oxygen atoms in total. The fourth-order valence-electron chi connectivity index (χ4n) is 1.65. The van der Waals surface area contributed by atoms with E-state index in [4.69, 9.17) is 15.2 Å². The molecule has 1 aromatic carbocycles. The second kappa shape index (κ2) is 7.26. The first-order valence-corrected chi connectivity index (χ1v) is 6.62. The van der Waals surface area contributed by atoms with Crippen LogP contribution in [-0.2, 0) is 16.1 Å². The molecule has 0 aliphatic rings. The van der Waals surface area contributed by atoms with E-state index in [9.17, 15) is 4.79 Å². The number of methoxy groups -OCH3 is 1. The highest BCUT2D eigenvalue weighted by atomic mass is 16.6. The van der Waals surface area contributed by atoms with Crippen LogP contribution in [0.5, 0.6) is 0 Å². The van der Waals surface area contributed by atoms with E-state index in [2.05, 4.69) is 5.32 Å². The Labute approximate surface area is 120 Å². The predicted octanol–water partition coefficient (Wildman–Crippen LogP) is 2.36. The molecule has 0 aromatic heterocycles. The van der Waals surface area contributed by atoms with Gasteiger partial charge in [0.15, 0.2) is 0 Å². The van der Waals surface area contributed by atoms with Gasteiger partial charge in [-0.05, 0) is 31.9 Å². The summed E-state index contributed by atoms with van der Waals surface area (Å²) in [5, 5.41) is 2.67. The van der Waals surface area contributed by atoms with Crippen LogP contribution >= 0.6 is 0 Å². The highest BCUT2D eigenvalue weighted by molar-refractivity contribution is 5.67. The van der Waals surface area contributed by atoms with Crippen LogP contribution in [-0.4, -0.2) is 25.3 Å². The molecule has 0 spiro atoms. The van der Waals surface area contributed by atoms with Gasteiger partial charge in [0.05, 0.1) is 6.61 Å². The summed E-state index contributed by atoms with van der Waals surface area (Å²) in [6.45, 7) is 6.37. The van der Waals surface area contributed by atoms with Gasteiger partial charge < -0.3 is 20.5 Å². The average Bonchev–Trinajstić information content (AvgIpc) is 2.35. The van der Waals surface area contributed by atoms with E-state index in [0.717, 1.165) is 11.1 Å². The molecule has 0 fully saturated rings. The number of rotatable bonds is 5. The minimum Gasteiger partial charge on any atom is -0.444 e. The Morgan fingerprint density at radius 1 is 1.30 bits per heavy atom. The van der Waals surface area contributed by atoms with Gasteiger partial charge in [-0.25, -0.2) is 4.79 Å². The largest absolute Gasteiger partial charge is 0.444 e. The van der Waals surface area contributed by atoms with Crippen LogP contribution in [0.1, 0.15) is 37.9 Å². The van der Waals surface area contributed by atoms with Crippen molar-refractivity contribution in [3.63, 3.8) is 0 Å². The number of benzene rings is 1. The van der Waals surface area contributed by atoms with E-state index in [1.165, 1.54) is 0 Å². The van der Waals surface area contributed by atoms with Crippen molar-refractivity contribution in [1.82, 2.24) is 5.32 Å². The fraction of sp³-hybridized carbons (Fsp3) is 0.533. The molecule has 0 saturated carbocycles. The maximum atomic E-state index is 11.5. The van der Waals surface area contributed by atoms with Crippen molar-refractivity contribution in [2.45, 2.75) is 39.0 Å². The summed E-state index contributed by atoms with van der Waals surface area (Å²) in [5.41, 5.74) is 7.57. The molecule has 3 N–H and O–H groups in total. The van der Waals surface area contributed by atoms with Crippen molar-refractivity contribution in [2.24, 2.45) is 5.73 Å². The summed E-state index contributed by atoms with van der Waals surface area (Å²) < 4.78 is 10.2. The summed E-state index contributed by atoms with van der Waals surface area (Å²) in [4.78, 5) is 11.5. The topological polar surface area (TPSA) is 73.6 Å². The Hall–Kier alpha value is -1.59. The Balaban J connectivity index is 2.46. The third-order valence-electron chi connectivity index (χ3n) is 2.58. The first kappa shape index (κ1) is 16.5. The minimum absolute atomic E-state index is 0.265. The highest BCUT2D eigenvalue weighted by Crippen LogP contribution is 2.12. The second-order valence-corrected chi connectivity index (χ2v) is 5.66. The van der Waals surface area contributed by atoms with Crippen molar-refractivity contribution >= 4 is 6.09 Å². The lowest BCUT2D eigenvalue weighted by molar-refractivity contribution is 0.0524. The van der Waals surface area contributed by atoms with Crippen LogP contribution in [0, 0.1) is 0 Å².